The minimum atomic E-state index is -4.55. The zero-order valence-electron chi connectivity index (χ0n) is 18.7. The third kappa shape index (κ3) is 5.35. The molecule has 4 rings (SSSR count). The van der Waals surface area contributed by atoms with Crippen molar-refractivity contribution in [3.05, 3.63) is 58.4 Å². The molecule has 0 spiro atoms. The van der Waals surface area contributed by atoms with Crippen LogP contribution in [0.15, 0.2) is 36.4 Å². The largest absolute Gasteiger partial charge is 0.481 e. The lowest BCUT2D eigenvalue weighted by Crippen LogP contribution is -2.40. The molecule has 3 aromatic rings. The van der Waals surface area contributed by atoms with E-state index in [0.717, 1.165) is 6.07 Å². The number of ether oxygens (including phenoxy) is 1. The van der Waals surface area contributed by atoms with Crippen LogP contribution in [0.4, 0.5) is 18.9 Å². The Morgan fingerprint density at radius 3 is 2.41 bits per heavy atom. The first-order valence-electron chi connectivity index (χ1n) is 10.9. The Kier molecular flexibility index (Phi) is 6.84. The van der Waals surface area contributed by atoms with Crippen LogP contribution in [0.3, 0.4) is 0 Å². The lowest BCUT2D eigenvalue weighted by molar-refractivity contribution is -0.140. The maximum Gasteiger partial charge on any atom is 0.433 e. The van der Waals surface area contributed by atoms with E-state index in [-0.39, 0.29) is 23.5 Å². The predicted octanol–water partition coefficient (Wildman–Crippen LogP) is 5.77. The number of amides is 1. The first-order valence-corrected chi connectivity index (χ1v) is 11.3. The SMILES string of the molecule is COc1ccc(C(=O)N[C@H]2CC[C@@H](Nc3cc(C(F)(F)F)nc4ccc(Cl)cc34)CC2)c(C)n1. The van der Waals surface area contributed by atoms with Gasteiger partial charge in [-0.1, -0.05) is 11.6 Å². The summed E-state index contributed by atoms with van der Waals surface area (Å²) in [4.78, 5) is 20.7. The summed E-state index contributed by atoms with van der Waals surface area (Å²) >= 11 is 6.08. The highest BCUT2D eigenvalue weighted by Crippen LogP contribution is 2.35. The number of alkyl halides is 3. The van der Waals surface area contributed by atoms with Crippen LogP contribution < -0.4 is 15.4 Å². The van der Waals surface area contributed by atoms with Gasteiger partial charge in [0.2, 0.25) is 5.88 Å². The summed E-state index contributed by atoms with van der Waals surface area (Å²) in [5.41, 5.74) is 0.699. The van der Waals surface area contributed by atoms with Crippen LogP contribution in [-0.2, 0) is 6.18 Å². The van der Waals surface area contributed by atoms with E-state index in [1.807, 2.05) is 0 Å². The molecule has 0 saturated heterocycles. The first-order chi connectivity index (χ1) is 16.1. The highest BCUT2D eigenvalue weighted by molar-refractivity contribution is 6.31. The van der Waals surface area contributed by atoms with Gasteiger partial charge in [-0.2, -0.15) is 13.2 Å². The fraction of sp³-hybridized carbons (Fsp3) is 0.375. The molecule has 1 aromatic carbocycles. The molecule has 180 valence electrons. The molecule has 1 aliphatic carbocycles. The first kappa shape index (κ1) is 24.1. The van der Waals surface area contributed by atoms with Crippen molar-refractivity contribution in [1.29, 1.82) is 0 Å². The predicted molar refractivity (Wildman–Crippen MR) is 124 cm³/mol. The van der Waals surface area contributed by atoms with Gasteiger partial charge in [-0.05, 0) is 62.9 Å². The van der Waals surface area contributed by atoms with Crippen molar-refractivity contribution in [2.45, 2.75) is 50.9 Å². The summed E-state index contributed by atoms with van der Waals surface area (Å²) < 4.78 is 45.2. The van der Waals surface area contributed by atoms with E-state index in [9.17, 15) is 18.0 Å². The van der Waals surface area contributed by atoms with Crippen LogP contribution in [0.2, 0.25) is 5.02 Å². The average molecular weight is 493 g/mol. The highest BCUT2D eigenvalue weighted by Gasteiger charge is 2.34. The summed E-state index contributed by atoms with van der Waals surface area (Å²) in [6, 6.07) is 8.92. The number of aryl methyl sites for hydroxylation is 1. The molecule has 2 heterocycles. The molecule has 34 heavy (non-hydrogen) atoms. The maximum atomic E-state index is 13.4. The molecule has 0 bridgehead atoms. The molecular weight excluding hydrogens is 469 g/mol. The van der Waals surface area contributed by atoms with Gasteiger partial charge in [0, 0.05) is 34.2 Å². The number of halogens is 4. The van der Waals surface area contributed by atoms with E-state index in [4.69, 9.17) is 16.3 Å². The number of anilines is 1. The van der Waals surface area contributed by atoms with Gasteiger partial charge >= 0.3 is 6.18 Å². The Morgan fingerprint density at radius 2 is 1.76 bits per heavy atom. The quantitative estimate of drug-likeness (QED) is 0.472. The topological polar surface area (TPSA) is 76.1 Å². The minimum Gasteiger partial charge on any atom is -0.481 e. The van der Waals surface area contributed by atoms with Gasteiger partial charge in [0.1, 0.15) is 5.69 Å². The van der Waals surface area contributed by atoms with Crippen molar-refractivity contribution in [1.82, 2.24) is 15.3 Å². The standard InChI is InChI=1S/C24H24ClF3N4O2/c1-13-17(8-10-22(29-13)34-2)23(33)31-16-6-4-15(5-7-16)30-20-12-21(24(26,27)28)32-19-9-3-14(25)11-18(19)20/h3,8-12,15-16H,4-7H2,1-2H3,(H,30,32)(H,31,33)/t15-,16+. The van der Waals surface area contributed by atoms with Gasteiger partial charge in [0.05, 0.1) is 23.9 Å². The van der Waals surface area contributed by atoms with E-state index in [1.165, 1.54) is 19.2 Å². The molecule has 0 radical (unpaired) electrons. The van der Waals surface area contributed by atoms with Crippen molar-refractivity contribution in [3.8, 4) is 5.88 Å². The molecule has 1 amide bonds. The smallest absolute Gasteiger partial charge is 0.433 e. The number of aromatic nitrogens is 2. The summed E-state index contributed by atoms with van der Waals surface area (Å²) in [5.74, 6) is 0.243. The monoisotopic (exact) mass is 492 g/mol. The average Bonchev–Trinajstić information content (AvgIpc) is 2.79. The molecule has 2 N–H and O–H groups in total. The number of hydrogen-bond acceptors (Lipinski definition) is 5. The van der Waals surface area contributed by atoms with Crippen LogP contribution in [0, 0.1) is 6.92 Å². The van der Waals surface area contributed by atoms with Gasteiger partial charge in [-0.3, -0.25) is 4.79 Å². The summed E-state index contributed by atoms with van der Waals surface area (Å²) in [7, 11) is 1.52. The number of fused-ring (bicyclic) bond motifs is 1. The van der Waals surface area contributed by atoms with Crippen LogP contribution in [0.25, 0.3) is 10.9 Å². The van der Waals surface area contributed by atoms with E-state index in [2.05, 4.69) is 20.6 Å². The lowest BCUT2D eigenvalue weighted by Gasteiger charge is -2.31. The van der Waals surface area contributed by atoms with Gasteiger partial charge in [0.25, 0.3) is 5.91 Å². The third-order valence-corrected chi connectivity index (χ3v) is 6.23. The number of methoxy groups -OCH3 is 1. The van der Waals surface area contributed by atoms with Crippen LogP contribution in [-0.4, -0.2) is 35.1 Å². The van der Waals surface area contributed by atoms with Gasteiger partial charge < -0.3 is 15.4 Å². The number of benzene rings is 1. The lowest BCUT2D eigenvalue weighted by atomic mass is 9.90. The molecule has 6 nitrogen and oxygen atoms in total. The molecule has 2 aromatic heterocycles. The number of carbonyl (C=O) groups is 1. The summed E-state index contributed by atoms with van der Waals surface area (Å²) in [6.45, 7) is 1.75. The second-order valence-corrected chi connectivity index (χ2v) is 8.80. The zero-order chi connectivity index (χ0) is 24.5. The molecule has 10 heteroatoms. The molecule has 0 unspecified atom stereocenters. The number of pyridine rings is 2. The van der Waals surface area contributed by atoms with E-state index >= 15 is 0 Å². The van der Waals surface area contributed by atoms with E-state index in [0.29, 0.717) is 58.9 Å². The fourth-order valence-corrected chi connectivity index (χ4v) is 4.39. The molecule has 1 aliphatic rings. The summed E-state index contributed by atoms with van der Waals surface area (Å²) in [6.07, 6.45) is -1.78. The van der Waals surface area contributed by atoms with Crippen LogP contribution in [0.5, 0.6) is 5.88 Å². The normalized spacial score (nSPS) is 18.5. The van der Waals surface area contributed by atoms with Crippen LogP contribution in [0.1, 0.15) is 47.4 Å². The maximum absolute atomic E-state index is 13.4. The van der Waals surface area contributed by atoms with Crippen molar-refractivity contribution in [2.24, 2.45) is 0 Å². The third-order valence-electron chi connectivity index (χ3n) is 6.00. The van der Waals surface area contributed by atoms with Gasteiger partial charge in [-0.25, -0.2) is 9.97 Å². The Bertz CT molecular complexity index is 1210. The fourth-order valence-electron chi connectivity index (χ4n) is 4.22. The number of carbonyl (C=O) groups excluding carboxylic acids is 1. The van der Waals surface area contributed by atoms with Crippen molar-refractivity contribution in [3.63, 3.8) is 0 Å². The Labute approximate surface area is 199 Å². The summed E-state index contributed by atoms with van der Waals surface area (Å²) in [5, 5.41) is 7.26. The second-order valence-electron chi connectivity index (χ2n) is 8.37. The number of rotatable bonds is 5. The molecule has 0 aliphatic heterocycles. The second kappa shape index (κ2) is 9.66. The minimum absolute atomic E-state index is 0.0265. The van der Waals surface area contributed by atoms with Crippen molar-refractivity contribution >= 4 is 34.1 Å². The zero-order valence-corrected chi connectivity index (χ0v) is 19.4. The number of hydrogen-bond donors (Lipinski definition) is 2. The van der Waals surface area contributed by atoms with Gasteiger partial charge in [-0.15, -0.1) is 0 Å². The molecular formula is C24H24ClF3N4O2. The van der Waals surface area contributed by atoms with Gasteiger partial charge in [0.15, 0.2) is 0 Å². The molecule has 1 fully saturated rings. The molecule has 0 atom stereocenters. The van der Waals surface area contributed by atoms with E-state index in [1.54, 1.807) is 25.1 Å². The molecule has 1 saturated carbocycles. The Balaban J connectivity index is 1.43. The van der Waals surface area contributed by atoms with E-state index < -0.39 is 11.9 Å². The van der Waals surface area contributed by atoms with Crippen LogP contribution >= 0.6 is 11.6 Å². The van der Waals surface area contributed by atoms with Crippen molar-refractivity contribution in [2.75, 3.05) is 12.4 Å². The van der Waals surface area contributed by atoms with Crippen molar-refractivity contribution < 1.29 is 22.7 Å². The highest BCUT2D eigenvalue weighted by atomic mass is 35.5. The number of nitrogens with one attached hydrogen (secondary N) is 2. The Hall–Kier alpha value is -3.07. The Morgan fingerprint density at radius 1 is 1.06 bits per heavy atom. The number of nitrogens with zero attached hydrogens (tertiary/aromatic N) is 2.